The second kappa shape index (κ2) is 5.61. The number of hydrogen-bond donors (Lipinski definition) is 1. The summed E-state index contributed by atoms with van der Waals surface area (Å²) in [5, 5.41) is 0. The first-order valence-electron chi connectivity index (χ1n) is 5.26. The monoisotopic (exact) mass is 273 g/mol. The maximum Gasteiger partial charge on any atom is 0.124 e. The molecule has 1 rings (SSSR count). The fourth-order valence-electron chi connectivity index (χ4n) is 1.73. The van der Waals surface area contributed by atoms with Crippen molar-refractivity contribution in [3.63, 3.8) is 0 Å². The maximum absolute atomic E-state index is 13.2. The van der Waals surface area contributed by atoms with E-state index in [-0.39, 0.29) is 11.9 Å². The Labute approximate surface area is 99.0 Å². The van der Waals surface area contributed by atoms with E-state index in [1.54, 1.807) is 0 Å². The SMILES string of the molecule is CCCC(C)C(N)c1cc(F)cc(Br)c1. The number of rotatable bonds is 4. The van der Waals surface area contributed by atoms with Crippen molar-refractivity contribution in [2.45, 2.75) is 32.7 Å². The summed E-state index contributed by atoms with van der Waals surface area (Å²) < 4.78 is 13.9. The zero-order chi connectivity index (χ0) is 11.4. The molecule has 84 valence electrons. The summed E-state index contributed by atoms with van der Waals surface area (Å²) >= 11 is 3.27. The van der Waals surface area contributed by atoms with E-state index in [4.69, 9.17) is 5.73 Å². The van der Waals surface area contributed by atoms with Crippen LogP contribution in [0.4, 0.5) is 4.39 Å². The van der Waals surface area contributed by atoms with Crippen LogP contribution in [0.15, 0.2) is 22.7 Å². The molecule has 0 saturated carbocycles. The van der Waals surface area contributed by atoms with Crippen molar-refractivity contribution in [2.24, 2.45) is 11.7 Å². The van der Waals surface area contributed by atoms with Crippen molar-refractivity contribution in [2.75, 3.05) is 0 Å². The van der Waals surface area contributed by atoms with Crippen molar-refractivity contribution < 1.29 is 4.39 Å². The van der Waals surface area contributed by atoms with Gasteiger partial charge in [0.1, 0.15) is 5.82 Å². The van der Waals surface area contributed by atoms with Crippen LogP contribution in [0.25, 0.3) is 0 Å². The van der Waals surface area contributed by atoms with Crippen LogP contribution in [0.1, 0.15) is 38.3 Å². The Kier molecular flexibility index (Phi) is 4.74. The lowest BCUT2D eigenvalue weighted by molar-refractivity contribution is 0.432. The first-order valence-corrected chi connectivity index (χ1v) is 6.05. The molecule has 0 saturated heterocycles. The Morgan fingerprint density at radius 2 is 2.07 bits per heavy atom. The number of halogens is 2. The predicted molar refractivity (Wildman–Crippen MR) is 65.1 cm³/mol. The molecule has 2 atom stereocenters. The Morgan fingerprint density at radius 1 is 1.40 bits per heavy atom. The zero-order valence-electron chi connectivity index (χ0n) is 9.13. The van der Waals surface area contributed by atoms with Gasteiger partial charge >= 0.3 is 0 Å². The average molecular weight is 274 g/mol. The predicted octanol–water partition coefficient (Wildman–Crippen LogP) is 4.02. The number of benzene rings is 1. The molecule has 1 nitrogen and oxygen atoms in total. The lowest BCUT2D eigenvalue weighted by Crippen LogP contribution is -2.19. The molecular weight excluding hydrogens is 257 g/mol. The van der Waals surface area contributed by atoms with Crippen molar-refractivity contribution in [3.05, 3.63) is 34.1 Å². The largest absolute Gasteiger partial charge is 0.324 e. The summed E-state index contributed by atoms with van der Waals surface area (Å²) in [5.41, 5.74) is 6.94. The topological polar surface area (TPSA) is 26.0 Å². The molecule has 0 heterocycles. The summed E-state index contributed by atoms with van der Waals surface area (Å²) in [6, 6.07) is 4.76. The quantitative estimate of drug-likeness (QED) is 0.881. The molecule has 1 aromatic rings. The van der Waals surface area contributed by atoms with Crippen LogP contribution in [0.2, 0.25) is 0 Å². The molecule has 0 aliphatic rings. The molecular formula is C12H17BrFN. The van der Waals surface area contributed by atoms with Gasteiger partial charge in [-0.15, -0.1) is 0 Å². The molecule has 0 aliphatic carbocycles. The number of hydrogen-bond acceptors (Lipinski definition) is 1. The van der Waals surface area contributed by atoms with Crippen LogP contribution in [0, 0.1) is 11.7 Å². The fourth-order valence-corrected chi connectivity index (χ4v) is 2.21. The van der Waals surface area contributed by atoms with Gasteiger partial charge < -0.3 is 5.73 Å². The molecule has 2 N–H and O–H groups in total. The molecule has 0 aliphatic heterocycles. The highest BCUT2D eigenvalue weighted by Crippen LogP contribution is 2.26. The fraction of sp³-hybridized carbons (Fsp3) is 0.500. The Morgan fingerprint density at radius 3 is 2.60 bits per heavy atom. The molecule has 0 bridgehead atoms. The lowest BCUT2D eigenvalue weighted by Gasteiger charge is -2.20. The molecule has 0 fully saturated rings. The zero-order valence-corrected chi connectivity index (χ0v) is 10.7. The second-order valence-corrected chi connectivity index (χ2v) is 4.91. The summed E-state index contributed by atoms with van der Waals surface area (Å²) in [5.74, 6) is 0.141. The lowest BCUT2D eigenvalue weighted by atomic mass is 9.92. The summed E-state index contributed by atoms with van der Waals surface area (Å²) in [6.45, 7) is 4.23. The molecule has 1 aromatic carbocycles. The second-order valence-electron chi connectivity index (χ2n) is 3.99. The van der Waals surface area contributed by atoms with E-state index in [0.717, 1.165) is 22.9 Å². The third-order valence-electron chi connectivity index (χ3n) is 2.63. The van der Waals surface area contributed by atoms with Gasteiger partial charge in [-0.1, -0.05) is 36.2 Å². The van der Waals surface area contributed by atoms with E-state index in [1.807, 2.05) is 6.07 Å². The van der Waals surface area contributed by atoms with Gasteiger partial charge in [0.15, 0.2) is 0 Å². The normalized spacial score (nSPS) is 15.0. The molecule has 3 heteroatoms. The van der Waals surface area contributed by atoms with Crippen LogP contribution in [0.5, 0.6) is 0 Å². The molecule has 0 aromatic heterocycles. The van der Waals surface area contributed by atoms with Crippen molar-refractivity contribution in [1.29, 1.82) is 0 Å². The molecule has 0 amide bonds. The van der Waals surface area contributed by atoms with Crippen molar-refractivity contribution in [1.82, 2.24) is 0 Å². The number of nitrogens with two attached hydrogens (primary N) is 1. The van der Waals surface area contributed by atoms with Crippen molar-refractivity contribution >= 4 is 15.9 Å². The van der Waals surface area contributed by atoms with E-state index in [2.05, 4.69) is 29.8 Å². The first-order chi connectivity index (χ1) is 7.04. The van der Waals surface area contributed by atoms with Gasteiger partial charge in [-0.05, 0) is 36.1 Å². The Hall–Kier alpha value is -0.410. The average Bonchev–Trinajstić information content (AvgIpc) is 2.15. The van der Waals surface area contributed by atoms with Gasteiger partial charge in [0, 0.05) is 10.5 Å². The third-order valence-corrected chi connectivity index (χ3v) is 3.08. The minimum Gasteiger partial charge on any atom is -0.324 e. The summed E-state index contributed by atoms with van der Waals surface area (Å²) in [6.07, 6.45) is 2.17. The van der Waals surface area contributed by atoms with Gasteiger partial charge in [-0.2, -0.15) is 0 Å². The van der Waals surface area contributed by atoms with E-state index in [0.29, 0.717) is 5.92 Å². The van der Waals surface area contributed by atoms with E-state index in [9.17, 15) is 4.39 Å². The molecule has 15 heavy (non-hydrogen) atoms. The standard InChI is InChI=1S/C12H17BrFN/c1-3-4-8(2)12(15)9-5-10(13)7-11(14)6-9/h5-8,12H,3-4,15H2,1-2H3. The molecule has 2 unspecified atom stereocenters. The molecule has 0 radical (unpaired) electrons. The molecule has 0 spiro atoms. The first kappa shape index (κ1) is 12.7. The summed E-state index contributed by atoms with van der Waals surface area (Å²) in [7, 11) is 0. The Bertz CT molecular complexity index is 307. The van der Waals surface area contributed by atoms with Gasteiger partial charge in [-0.25, -0.2) is 4.39 Å². The smallest absolute Gasteiger partial charge is 0.124 e. The van der Waals surface area contributed by atoms with Crippen LogP contribution >= 0.6 is 15.9 Å². The summed E-state index contributed by atoms with van der Waals surface area (Å²) in [4.78, 5) is 0. The van der Waals surface area contributed by atoms with E-state index in [1.165, 1.54) is 12.1 Å². The van der Waals surface area contributed by atoms with Gasteiger partial charge in [0.2, 0.25) is 0 Å². The highest BCUT2D eigenvalue weighted by molar-refractivity contribution is 9.10. The minimum atomic E-state index is -0.237. The van der Waals surface area contributed by atoms with Gasteiger partial charge in [-0.3, -0.25) is 0 Å². The van der Waals surface area contributed by atoms with E-state index >= 15 is 0 Å². The Balaban J connectivity index is 2.85. The maximum atomic E-state index is 13.2. The van der Waals surface area contributed by atoms with Gasteiger partial charge in [0.05, 0.1) is 0 Å². The minimum absolute atomic E-state index is 0.0862. The highest BCUT2D eigenvalue weighted by atomic mass is 79.9. The van der Waals surface area contributed by atoms with Crippen LogP contribution in [-0.4, -0.2) is 0 Å². The van der Waals surface area contributed by atoms with Crippen LogP contribution in [-0.2, 0) is 0 Å². The third kappa shape index (κ3) is 3.58. The van der Waals surface area contributed by atoms with E-state index < -0.39 is 0 Å². The van der Waals surface area contributed by atoms with Crippen LogP contribution in [0.3, 0.4) is 0 Å². The highest BCUT2D eigenvalue weighted by Gasteiger charge is 2.15. The van der Waals surface area contributed by atoms with Crippen molar-refractivity contribution in [3.8, 4) is 0 Å². The van der Waals surface area contributed by atoms with Gasteiger partial charge in [0.25, 0.3) is 0 Å². The van der Waals surface area contributed by atoms with Crippen LogP contribution < -0.4 is 5.73 Å².